The second kappa shape index (κ2) is 6.40. The maximum atomic E-state index is 12.2. The second-order valence-corrected chi connectivity index (χ2v) is 6.31. The van der Waals surface area contributed by atoms with Crippen LogP contribution in [0.1, 0.15) is 23.5 Å². The maximum Gasteiger partial charge on any atom is 0.243 e. The first kappa shape index (κ1) is 15.4. The van der Waals surface area contributed by atoms with E-state index in [1.807, 2.05) is 48.5 Å². The number of benzene rings is 3. The fraction of sp³-hybridized carbons (Fsp3) is 0.143. The van der Waals surface area contributed by atoms with E-state index in [9.17, 15) is 9.90 Å². The summed E-state index contributed by atoms with van der Waals surface area (Å²) in [7, 11) is 0. The van der Waals surface area contributed by atoms with Crippen LogP contribution in [0.4, 0.5) is 0 Å². The number of carbonyl (C=O) groups is 1. The van der Waals surface area contributed by atoms with E-state index in [2.05, 4.69) is 22.7 Å². The highest BCUT2D eigenvalue weighted by Gasteiger charge is 2.43. The monoisotopic (exact) mass is 330 g/mol. The van der Waals surface area contributed by atoms with Crippen LogP contribution in [0.2, 0.25) is 0 Å². The molecular formula is C21H18N2O2. The third-order valence-corrected chi connectivity index (χ3v) is 4.67. The summed E-state index contributed by atoms with van der Waals surface area (Å²) in [6, 6.07) is 21.3. The van der Waals surface area contributed by atoms with Crippen molar-refractivity contribution in [3.8, 4) is 5.75 Å². The third kappa shape index (κ3) is 3.11. The molecule has 0 heterocycles. The molecule has 3 aromatic carbocycles. The summed E-state index contributed by atoms with van der Waals surface area (Å²) < 4.78 is 0. The smallest absolute Gasteiger partial charge is 0.243 e. The zero-order chi connectivity index (χ0) is 17.2. The molecule has 4 rings (SSSR count). The van der Waals surface area contributed by atoms with Crippen molar-refractivity contribution in [2.75, 3.05) is 0 Å². The van der Waals surface area contributed by atoms with Crippen molar-refractivity contribution in [2.24, 2.45) is 11.0 Å². The lowest BCUT2D eigenvalue weighted by Crippen LogP contribution is -2.20. The summed E-state index contributed by atoms with van der Waals surface area (Å²) in [5.41, 5.74) is 4.40. The Kier molecular flexibility index (Phi) is 3.94. The Bertz CT molecular complexity index is 951. The Morgan fingerprint density at radius 3 is 2.64 bits per heavy atom. The summed E-state index contributed by atoms with van der Waals surface area (Å²) in [4.78, 5) is 12.2. The van der Waals surface area contributed by atoms with E-state index >= 15 is 0 Å². The molecule has 1 aliphatic rings. The van der Waals surface area contributed by atoms with Crippen molar-refractivity contribution < 1.29 is 9.90 Å². The van der Waals surface area contributed by atoms with Gasteiger partial charge in [0, 0.05) is 11.5 Å². The zero-order valence-electron chi connectivity index (χ0n) is 13.6. The van der Waals surface area contributed by atoms with Crippen LogP contribution in [0.15, 0.2) is 71.8 Å². The summed E-state index contributed by atoms with van der Waals surface area (Å²) in [6.45, 7) is 0. The zero-order valence-corrected chi connectivity index (χ0v) is 13.6. The molecule has 2 N–H and O–H groups in total. The third-order valence-electron chi connectivity index (χ3n) is 4.67. The van der Waals surface area contributed by atoms with Crippen molar-refractivity contribution in [1.82, 2.24) is 5.43 Å². The molecule has 0 aliphatic heterocycles. The number of amides is 1. The summed E-state index contributed by atoms with van der Waals surface area (Å²) >= 11 is 0. The first-order chi connectivity index (χ1) is 12.2. The second-order valence-electron chi connectivity index (χ2n) is 6.31. The average molecular weight is 330 g/mol. The van der Waals surface area contributed by atoms with Gasteiger partial charge < -0.3 is 5.11 Å². The maximum absolute atomic E-state index is 12.2. The lowest BCUT2D eigenvalue weighted by molar-refractivity contribution is -0.122. The number of nitrogens with zero attached hydrogens (tertiary/aromatic N) is 1. The molecular weight excluding hydrogens is 312 g/mol. The molecule has 4 nitrogen and oxygen atoms in total. The van der Waals surface area contributed by atoms with Crippen LogP contribution < -0.4 is 5.43 Å². The van der Waals surface area contributed by atoms with Crippen LogP contribution in [0, 0.1) is 5.92 Å². The molecule has 0 spiro atoms. The van der Waals surface area contributed by atoms with Gasteiger partial charge in [0.2, 0.25) is 5.91 Å². The topological polar surface area (TPSA) is 61.7 Å². The minimum atomic E-state index is -0.0789. The average Bonchev–Trinajstić information content (AvgIpc) is 3.45. The number of aromatic hydroxyl groups is 1. The van der Waals surface area contributed by atoms with Crippen LogP contribution in [0.3, 0.4) is 0 Å². The van der Waals surface area contributed by atoms with Crippen molar-refractivity contribution in [3.05, 3.63) is 77.9 Å². The Balaban J connectivity index is 1.46. The van der Waals surface area contributed by atoms with Gasteiger partial charge in [-0.2, -0.15) is 5.10 Å². The first-order valence-electron chi connectivity index (χ1n) is 8.32. The molecule has 1 saturated carbocycles. The predicted octanol–water partition coefficient (Wildman–Crippen LogP) is 3.80. The van der Waals surface area contributed by atoms with Gasteiger partial charge in [0.05, 0.1) is 6.21 Å². The highest BCUT2D eigenvalue weighted by molar-refractivity contribution is 6.02. The highest BCUT2D eigenvalue weighted by atomic mass is 16.3. The Morgan fingerprint density at radius 2 is 1.80 bits per heavy atom. The number of fused-ring (bicyclic) bond motifs is 1. The van der Waals surface area contributed by atoms with Crippen LogP contribution >= 0.6 is 0 Å². The molecule has 1 aliphatic carbocycles. The van der Waals surface area contributed by atoms with E-state index < -0.39 is 0 Å². The molecule has 1 fully saturated rings. The summed E-state index contributed by atoms with van der Waals surface area (Å²) in [6.07, 6.45) is 2.36. The molecule has 3 aromatic rings. The molecule has 0 bridgehead atoms. The van der Waals surface area contributed by atoms with Crippen LogP contribution in [0.25, 0.3) is 10.8 Å². The molecule has 25 heavy (non-hydrogen) atoms. The van der Waals surface area contributed by atoms with Gasteiger partial charge in [0.15, 0.2) is 0 Å². The number of hydrogen-bond acceptors (Lipinski definition) is 3. The van der Waals surface area contributed by atoms with Gasteiger partial charge >= 0.3 is 0 Å². The number of phenols is 1. The van der Waals surface area contributed by atoms with Crippen molar-refractivity contribution >= 4 is 22.9 Å². The SMILES string of the molecule is O=C(N/N=C/c1c(O)ccc2ccccc12)[C@@H]1C[C@H]1c1ccccc1. The Hall–Kier alpha value is -3.14. The molecule has 2 atom stereocenters. The van der Waals surface area contributed by atoms with Gasteiger partial charge in [0.1, 0.15) is 5.75 Å². The lowest BCUT2D eigenvalue weighted by atomic mass is 10.0. The molecule has 124 valence electrons. The van der Waals surface area contributed by atoms with Crippen molar-refractivity contribution in [2.45, 2.75) is 12.3 Å². The van der Waals surface area contributed by atoms with E-state index in [1.165, 1.54) is 11.8 Å². The minimum Gasteiger partial charge on any atom is -0.507 e. The van der Waals surface area contributed by atoms with Gasteiger partial charge in [0.25, 0.3) is 0 Å². The van der Waals surface area contributed by atoms with Crippen LogP contribution in [0.5, 0.6) is 5.75 Å². The van der Waals surface area contributed by atoms with E-state index in [-0.39, 0.29) is 23.5 Å². The van der Waals surface area contributed by atoms with Crippen molar-refractivity contribution in [3.63, 3.8) is 0 Å². The first-order valence-corrected chi connectivity index (χ1v) is 8.32. The Morgan fingerprint density at radius 1 is 1.04 bits per heavy atom. The number of hydrazone groups is 1. The van der Waals surface area contributed by atoms with E-state index in [0.29, 0.717) is 5.56 Å². The molecule has 0 unspecified atom stereocenters. The normalized spacial score (nSPS) is 19.2. The van der Waals surface area contributed by atoms with Gasteiger partial charge in [-0.15, -0.1) is 0 Å². The molecule has 0 aromatic heterocycles. The highest BCUT2D eigenvalue weighted by Crippen LogP contribution is 2.47. The summed E-state index contributed by atoms with van der Waals surface area (Å²) in [5, 5.41) is 16.1. The molecule has 0 radical (unpaired) electrons. The standard InChI is InChI=1S/C21H18N2O2/c24-20-11-10-15-8-4-5-9-16(15)19(20)13-22-23-21(25)18-12-17(18)14-6-2-1-3-7-14/h1-11,13,17-18,24H,12H2,(H,23,25)/b22-13+/t17-,18+/m0/s1. The molecule has 4 heteroatoms. The predicted molar refractivity (Wildman–Crippen MR) is 98.6 cm³/mol. The summed E-state index contributed by atoms with van der Waals surface area (Å²) in [5.74, 6) is 0.318. The van der Waals surface area contributed by atoms with E-state index in [4.69, 9.17) is 0 Å². The number of carbonyl (C=O) groups excluding carboxylic acids is 1. The van der Waals surface area contributed by atoms with E-state index in [0.717, 1.165) is 17.2 Å². The van der Waals surface area contributed by atoms with Crippen LogP contribution in [-0.4, -0.2) is 17.2 Å². The van der Waals surface area contributed by atoms with Crippen LogP contribution in [-0.2, 0) is 4.79 Å². The van der Waals surface area contributed by atoms with Gasteiger partial charge in [-0.05, 0) is 34.7 Å². The number of hydrogen-bond donors (Lipinski definition) is 2. The quantitative estimate of drug-likeness (QED) is 0.564. The number of phenolic OH excluding ortho intramolecular Hbond substituents is 1. The lowest BCUT2D eigenvalue weighted by Gasteiger charge is -2.05. The number of rotatable bonds is 4. The number of nitrogens with one attached hydrogen (secondary N) is 1. The van der Waals surface area contributed by atoms with E-state index in [1.54, 1.807) is 6.07 Å². The molecule has 1 amide bonds. The van der Waals surface area contributed by atoms with Crippen molar-refractivity contribution in [1.29, 1.82) is 0 Å². The minimum absolute atomic E-state index is 0.0272. The van der Waals surface area contributed by atoms with Gasteiger partial charge in [-0.1, -0.05) is 60.7 Å². The fourth-order valence-corrected chi connectivity index (χ4v) is 3.22. The van der Waals surface area contributed by atoms with Gasteiger partial charge in [-0.25, -0.2) is 5.43 Å². The fourth-order valence-electron chi connectivity index (χ4n) is 3.22. The van der Waals surface area contributed by atoms with Gasteiger partial charge in [-0.3, -0.25) is 4.79 Å². The Labute approximate surface area is 145 Å². The largest absolute Gasteiger partial charge is 0.507 e. The molecule has 0 saturated heterocycles.